The molecule has 2 radical (unpaired) electrons. The summed E-state index contributed by atoms with van der Waals surface area (Å²) in [5.41, 5.74) is 9.30. The topological polar surface area (TPSA) is 146 Å². The molecule has 1 spiro atoms. The second-order valence-electron chi connectivity index (χ2n) is 19.7. The van der Waals surface area contributed by atoms with Crippen molar-refractivity contribution in [3.8, 4) is 28.1 Å². The van der Waals surface area contributed by atoms with Crippen molar-refractivity contribution in [1.82, 2.24) is 29.5 Å². The number of likely N-dealkylation sites (N-methyl/N-ethyl adjacent to an activating group) is 1. The number of phenols is 1. The van der Waals surface area contributed by atoms with E-state index < -0.39 is 34.6 Å². The summed E-state index contributed by atoms with van der Waals surface area (Å²) in [6, 6.07) is 14.8. The number of pyridine rings is 1. The zero-order valence-electron chi connectivity index (χ0n) is 39.1. The molecule has 2 N–H and O–H groups in total. The number of amides is 3. The number of carbonyl (C=O) groups is 4. The lowest BCUT2D eigenvalue weighted by molar-refractivity contribution is -0.150. The number of ether oxygens (including phenoxy) is 2. The summed E-state index contributed by atoms with van der Waals surface area (Å²) in [7, 11) is 3.07. The summed E-state index contributed by atoms with van der Waals surface area (Å²) in [6.07, 6.45) is 4.20. The lowest BCUT2D eigenvalue weighted by Crippen LogP contribution is -2.56. The minimum atomic E-state index is -1.34. The summed E-state index contributed by atoms with van der Waals surface area (Å²) in [4.78, 5) is 64.3. The van der Waals surface area contributed by atoms with E-state index in [1.165, 1.54) is 5.01 Å². The third kappa shape index (κ3) is 8.81. The van der Waals surface area contributed by atoms with E-state index in [-0.39, 0.29) is 69.5 Å². The van der Waals surface area contributed by atoms with E-state index >= 15 is 4.79 Å². The highest BCUT2D eigenvalue weighted by Crippen LogP contribution is 2.44. The molecule has 348 valence electrons. The molecule has 16 heteroatoms. The predicted octanol–water partition coefficient (Wildman–Crippen LogP) is 7.21. The minimum Gasteiger partial charge on any atom is -0.508 e. The fourth-order valence-electron chi connectivity index (χ4n) is 10.4. The standard InChI is InChI=1S/C50H60N6O7S2Si/c1-9-54-39-15-14-31-23-37(39)38(43(54)35-12-10-16-51-41(35)40(26-64)62-8)25-49(5,6)27-63-47(60)36-13-11-17-55(52-44(36)65)48(61)50(24-30-20-32(31)22-34(57)21-30)56(66-50)46(59)42(28(2)3)53(7)45(58)33-18-29(4)19-33/h10,12,14-16,20-23,26,28-29,33,36,40,42,57H,9,11,13,17-19,24-25,27H2,1-8H3,(H,52,65)/t29?,33?,36-,40+,42+,50-,56?/m1/s1. The average molecular weight is 949 g/mol. The van der Waals surface area contributed by atoms with Crippen LogP contribution >= 0.6 is 24.4 Å². The molecule has 1 aliphatic carbocycles. The van der Waals surface area contributed by atoms with Crippen LogP contribution in [-0.2, 0) is 48.0 Å². The van der Waals surface area contributed by atoms with Gasteiger partial charge >= 0.3 is 5.97 Å². The number of thiocarbonyl (C=S) groups is 2. The van der Waals surface area contributed by atoms with E-state index in [0.29, 0.717) is 43.0 Å². The lowest BCUT2D eigenvalue weighted by Gasteiger charge is -2.39. The van der Waals surface area contributed by atoms with Crippen molar-refractivity contribution in [2.24, 2.45) is 29.1 Å². The number of esters is 1. The molecule has 4 atom stereocenters. The van der Waals surface area contributed by atoms with Gasteiger partial charge in [-0.05, 0) is 110 Å². The Morgan fingerprint density at radius 1 is 1.12 bits per heavy atom. The quantitative estimate of drug-likeness (QED) is 0.0760. The van der Waals surface area contributed by atoms with Crippen LogP contribution in [0.25, 0.3) is 33.3 Å². The molecular weight excluding hydrogens is 889 g/mol. The van der Waals surface area contributed by atoms with Crippen LogP contribution in [-0.4, -0.2) is 111 Å². The van der Waals surface area contributed by atoms with Crippen LogP contribution in [0, 0.1) is 29.1 Å². The fourth-order valence-corrected chi connectivity index (χ4v) is 12.3. The molecule has 66 heavy (non-hydrogen) atoms. The highest BCUT2D eigenvalue weighted by atomic mass is 32.1. The highest BCUT2D eigenvalue weighted by Gasteiger charge is 2.65. The van der Waals surface area contributed by atoms with Gasteiger partial charge in [-0.1, -0.05) is 71.2 Å². The van der Waals surface area contributed by atoms with Gasteiger partial charge in [0.25, 0.3) is 5.91 Å². The minimum absolute atomic E-state index is 0.0181. The number of phenolic OH excluding ortho intramolecular Hbond substituents is 1. The first kappa shape index (κ1) is 47.5. The number of cyclic esters (lactones) is 1. The lowest BCUT2D eigenvalue weighted by atomic mass is 9.75. The maximum absolute atomic E-state index is 15.1. The highest BCUT2D eigenvalue weighted by molar-refractivity contribution is 7.80. The molecule has 2 aromatic carbocycles. The van der Waals surface area contributed by atoms with Crippen molar-refractivity contribution in [3.63, 3.8) is 0 Å². The Balaban J connectivity index is 1.27. The molecule has 3 aliphatic heterocycles. The van der Waals surface area contributed by atoms with Gasteiger partial charge in [-0.2, -0.15) is 0 Å². The number of nitrogens with one attached hydrogen (secondary N) is 1. The summed E-state index contributed by atoms with van der Waals surface area (Å²) < 4.78 is 15.9. The van der Waals surface area contributed by atoms with Crippen molar-refractivity contribution in [2.45, 2.75) is 104 Å². The first-order valence-electron chi connectivity index (χ1n) is 23.0. The molecule has 8 rings (SSSR count). The number of aryl methyl sites for hydroxylation is 1. The van der Waals surface area contributed by atoms with Crippen LogP contribution in [0.4, 0.5) is 0 Å². The van der Waals surface area contributed by atoms with Crippen LogP contribution in [0.5, 0.6) is 5.75 Å². The van der Waals surface area contributed by atoms with E-state index in [4.69, 9.17) is 38.9 Å². The maximum Gasteiger partial charge on any atom is 0.315 e. The monoisotopic (exact) mass is 948 g/mol. The molecule has 13 nitrogen and oxygen atoms in total. The molecule has 4 aliphatic rings. The van der Waals surface area contributed by atoms with Gasteiger partial charge < -0.3 is 28.6 Å². The fraction of sp³-hybridized carbons (Fsp3) is 0.500. The van der Waals surface area contributed by atoms with Gasteiger partial charge in [-0.25, -0.2) is 0 Å². The van der Waals surface area contributed by atoms with Crippen LogP contribution < -0.4 is 5.43 Å². The molecule has 4 aromatic rings. The van der Waals surface area contributed by atoms with E-state index in [2.05, 4.69) is 49.8 Å². The van der Waals surface area contributed by atoms with Crippen LogP contribution in [0.1, 0.15) is 90.2 Å². The summed E-state index contributed by atoms with van der Waals surface area (Å²) in [6.45, 7) is 13.2. The normalized spacial score (nSPS) is 23.9. The Morgan fingerprint density at radius 2 is 1.88 bits per heavy atom. The Bertz CT molecular complexity index is 2610. The van der Waals surface area contributed by atoms with Crippen LogP contribution in [0.15, 0.2) is 54.7 Å². The molecule has 0 unspecified atom stereocenters. The first-order valence-corrected chi connectivity index (χ1v) is 24.8. The number of methoxy groups -OCH3 is 1. The molecule has 2 saturated heterocycles. The van der Waals surface area contributed by atoms with Gasteiger partial charge in [0.1, 0.15) is 34.0 Å². The molecule has 3 amide bonds. The van der Waals surface area contributed by atoms with Crippen LogP contribution in [0.2, 0.25) is 0 Å². The summed E-state index contributed by atoms with van der Waals surface area (Å²) >= 11 is 11.3. The third-order valence-electron chi connectivity index (χ3n) is 13.8. The van der Waals surface area contributed by atoms with E-state index in [1.54, 1.807) is 47.3 Å². The zero-order chi connectivity index (χ0) is 47.4. The summed E-state index contributed by atoms with van der Waals surface area (Å²) in [5.74, 6) is -1.85. The Kier molecular flexibility index (Phi) is 13.4. The third-order valence-corrected chi connectivity index (χ3v) is 16.0. The van der Waals surface area contributed by atoms with Gasteiger partial charge in [0.2, 0.25) is 21.5 Å². The van der Waals surface area contributed by atoms with Crippen molar-refractivity contribution < 1.29 is 33.8 Å². The Hall–Kier alpha value is -5.03. The van der Waals surface area contributed by atoms with Gasteiger partial charge in [0, 0.05) is 73.0 Å². The first-order chi connectivity index (χ1) is 31.4. The number of hydrogen-bond donors (Lipinski definition) is 2. The smallest absolute Gasteiger partial charge is 0.315 e. The van der Waals surface area contributed by atoms with Gasteiger partial charge in [-0.3, -0.25) is 34.6 Å². The molecule has 6 bridgehead atoms. The Morgan fingerprint density at radius 3 is 2.56 bits per heavy atom. The maximum atomic E-state index is 15.1. The molecule has 1 saturated carbocycles. The molecule has 2 aromatic heterocycles. The molecular formula is C50H60N6O7S2Si. The number of hydrogen-bond acceptors (Lipinski definition) is 10. The number of hydrazine groups is 1. The van der Waals surface area contributed by atoms with Crippen molar-refractivity contribution >= 4 is 79.1 Å². The van der Waals surface area contributed by atoms with Crippen LogP contribution in [0.3, 0.4) is 0 Å². The number of benzene rings is 2. The van der Waals surface area contributed by atoms with E-state index in [1.807, 2.05) is 38.1 Å². The number of rotatable bonds is 9. The second kappa shape index (κ2) is 18.6. The zero-order valence-corrected chi connectivity index (χ0v) is 41.7. The number of nitrogens with zero attached hydrogens (tertiary/aromatic N) is 5. The Labute approximate surface area is 400 Å². The number of carbonyl (C=O) groups excluding carboxylic acids is 4. The van der Waals surface area contributed by atoms with Gasteiger partial charge in [0.15, 0.2) is 0 Å². The SMILES string of the molecule is CCn1c(-c2cccnc2[C@H](C=S)OC)c2c3cc(ccc31)-c1cc(O)cc(c1)C[C@@]1([Si]N1C(=O)[C@H](C(C)C)N(C)C(=O)C1CC(C)C1)C(=O)N1CCC[C@@H](C(=O)OCC(C)(C)C2)C(=S)N1. The predicted molar refractivity (Wildman–Crippen MR) is 262 cm³/mol. The average Bonchev–Trinajstić information content (AvgIpc) is 3.97. The van der Waals surface area contributed by atoms with Gasteiger partial charge in [-0.15, -0.1) is 0 Å². The van der Waals surface area contributed by atoms with E-state index in [9.17, 15) is 19.5 Å². The summed E-state index contributed by atoms with van der Waals surface area (Å²) in [5, 5.41) is 14.1. The molecule has 3 fully saturated rings. The van der Waals surface area contributed by atoms with Gasteiger partial charge in [0.05, 0.1) is 18.0 Å². The van der Waals surface area contributed by atoms with E-state index in [0.717, 1.165) is 51.7 Å². The van der Waals surface area contributed by atoms with Crippen molar-refractivity contribution in [2.75, 3.05) is 27.3 Å². The largest absolute Gasteiger partial charge is 0.508 e. The second-order valence-corrected chi connectivity index (χ2v) is 21.9. The number of aromatic nitrogens is 2. The van der Waals surface area contributed by atoms with Crippen molar-refractivity contribution in [3.05, 3.63) is 71.5 Å². The molecule has 5 heterocycles. The number of aromatic hydroxyl groups is 1. The van der Waals surface area contributed by atoms with Crippen molar-refractivity contribution in [1.29, 1.82) is 0 Å². The number of fused-ring (bicyclic) bond motifs is 7.